The number of halogens is 1. The van der Waals surface area contributed by atoms with Crippen LogP contribution in [-0.2, 0) is 20.8 Å². The molecule has 1 atom stereocenters. The second-order valence-corrected chi connectivity index (χ2v) is 6.77. The molecule has 1 amide bonds. The van der Waals surface area contributed by atoms with Crippen molar-refractivity contribution in [1.29, 1.82) is 0 Å². The molecule has 2 fully saturated rings. The van der Waals surface area contributed by atoms with E-state index in [4.69, 9.17) is 13.9 Å². The Morgan fingerprint density at radius 2 is 2.00 bits per heavy atom. The summed E-state index contributed by atoms with van der Waals surface area (Å²) >= 11 is 0. The lowest BCUT2D eigenvalue weighted by atomic mass is 10.0. The molecule has 2 aliphatic heterocycles. The van der Waals surface area contributed by atoms with Crippen LogP contribution in [0.25, 0.3) is 0 Å². The Morgan fingerprint density at radius 1 is 1.15 bits per heavy atom. The summed E-state index contributed by atoms with van der Waals surface area (Å²) in [5, 5.41) is 0. The molecule has 7 heteroatoms. The number of nitrogens with zero attached hydrogens (tertiary/aromatic N) is 2. The molecule has 2 aromatic rings. The Balaban J connectivity index is 1.53. The van der Waals surface area contributed by atoms with Gasteiger partial charge in [-0.15, -0.1) is 0 Å². The average molecular weight is 360 g/mol. The van der Waals surface area contributed by atoms with Crippen LogP contribution in [0.2, 0.25) is 0 Å². The van der Waals surface area contributed by atoms with Crippen LogP contribution in [0.4, 0.5) is 10.1 Å². The van der Waals surface area contributed by atoms with Crippen molar-refractivity contribution in [3.05, 3.63) is 54.2 Å². The van der Waals surface area contributed by atoms with Crippen molar-refractivity contribution in [3.8, 4) is 0 Å². The SMILES string of the molecule is O=C1COC2(COCCN(Cc3ccco3)C2)CN1c1ccc(F)cc1. The molecule has 4 rings (SSSR count). The van der Waals surface area contributed by atoms with Crippen molar-refractivity contribution >= 4 is 11.6 Å². The van der Waals surface area contributed by atoms with E-state index in [1.165, 1.54) is 12.1 Å². The lowest BCUT2D eigenvalue weighted by Gasteiger charge is -2.43. The second kappa shape index (κ2) is 7.19. The number of carbonyl (C=O) groups is 1. The molecular formula is C19H21FN2O4. The van der Waals surface area contributed by atoms with E-state index in [9.17, 15) is 9.18 Å². The van der Waals surface area contributed by atoms with Gasteiger partial charge in [0.25, 0.3) is 5.91 Å². The monoisotopic (exact) mass is 360 g/mol. The zero-order valence-electron chi connectivity index (χ0n) is 14.4. The molecule has 0 aliphatic carbocycles. The maximum atomic E-state index is 13.2. The molecular weight excluding hydrogens is 339 g/mol. The van der Waals surface area contributed by atoms with Gasteiger partial charge in [-0.1, -0.05) is 0 Å². The molecule has 0 N–H and O–H groups in total. The predicted octanol–water partition coefficient (Wildman–Crippen LogP) is 2.05. The minimum atomic E-state index is -0.620. The first-order valence-electron chi connectivity index (χ1n) is 8.66. The van der Waals surface area contributed by atoms with E-state index in [0.29, 0.717) is 38.5 Å². The van der Waals surface area contributed by atoms with Crippen LogP contribution in [0.1, 0.15) is 5.76 Å². The fourth-order valence-corrected chi connectivity index (χ4v) is 3.50. The fourth-order valence-electron chi connectivity index (χ4n) is 3.50. The third-order valence-electron chi connectivity index (χ3n) is 4.78. The summed E-state index contributed by atoms with van der Waals surface area (Å²) < 4.78 is 30.4. The fraction of sp³-hybridized carbons (Fsp3) is 0.421. The van der Waals surface area contributed by atoms with Crippen LogP contribution >= 0.6 is 0 Å². The lowest BCUT2D eigenvalue weighted by Crippen LogP contribution is -2.60. The normalized spacial score (nSPS) is 24.8. The summed E-state index contributed by atoms with van der Waals surface area (Å²) in [6.45, 7) is 3.39. The molecule has 6 nitrogen and oxygen atoms in total. The first kappa shape index (κ1) is 17.2. The zero-order valence-corrected chi connectivity index (χ0v) is 14.4. The lowest BCUT2D eigenvalue weighted by molar-refractivity contribution is -0.146. The van der Waals surface area contributed by atoms with Gasteiger partial charge in [0.05, 0.1) is 32.6 Å². The van der Waals surface area contributed by atoms with Crippen molar-refractivity contribution in [2.24, 2.45) is 0 Å². The van der Waals surface area contributed by atoms with Crippen LogP contribution < -0.4 is 4.90 Å². The van der Waals surface area contributed by atoms with Crippen molar-refractivity contribution in [1.82, 2.24) is 4.90 Å². The molecule has 1 aromatic heterocycles. The van der Waals surface area contributed by atoms with Crippen LogP contribution in [-0.4, -0.2) is 55.9 Å². The van der Waals surface area contributed by atoms with Crippen LogP contribution in [0.3, 0.4) is 0 Å². The minimum Gasteiger partial charge on any atom is -0.468 e. The van der Waals surface area contributed by atoms with E-state index in [2.05, 4.69) is 4.90 Å². The van der Waals surface area contributed by atoms with Gasteiger partial charge in [0.15, 0.2) is 0 Å². The maximum absolute atomic E-state index is 13.2. The number of anilines is 1. The number of morpholine rings is 1. The smallest absolute Gasteiger partial charge is 0.253 e. The van der Waals surface area contributed by atoms with Crippen molar-refractivity contribution < 1.29 is 23.1 Å². The number of hydrogen-bond acceptors (Lipinski definition) is 5. The number of ether oxygens (including phenoxy) is 2. The Hall–Kier alpha value is -2.22. The minimum absolute atomic E-state index is 0.0185. The highest BCUT2D eigenvalue weighted by atomic mass is 19.1. The van der Waals surface area contributed by atoms with Gasteiger partial charge in [0.1, 0.15) is 23.8 Å². The van der Waals surface area contributed by atoms with E-state index >= 15 is 0 Å². The Kier molecular flexibility index (Phi) is 4.76. The molecule has 0 bridgehead atoms. The molecule has 1 spiro atoms. The number of rotatable bonds is 3. The Labute approximate surface area is 151 Å². The summed E-state index contributed by atoms with van der Waals surface area (Å²) in [7, 11) is 0. The summed E-state index contributed by atoms with van der Waals surface area (Å²) in [4.78, 5) is 16.2. The van der Waals surface area contributed by atoms with Crippen molar-refractivity contribution in [3.63, 3.8) is 0 Å². The highest BCUT2D eigenvalue weighted by Gasteiger charge is 2.43. The molecule has 138 valence electrons. The van der Waals surface area contributed by atoms with Gasteiger partial charge in [-0.25, -0.2) is 4.39 Å². The number of carbonyl (C=O) groups excluding carboxylic acids is 1. The quantitative estimate of drug-likeness (QED) is 0.839. The molecule has 0 radical (unpaired) electrons. The van der Waals surface area contributed by atoms with Crippen LogP contribution in [0.15, 0.2) is 47.1 Å². The third kappa shape index (κ3) is 3.65. The van der Waals surface area contributed by atoms with Gasteiger partial charge < -0.3 is 18.8 Å². The van der Waals surface area contributed by atoms with Gasteiger partial charge in [0, 0.05) is 18.8 Å². The Morgan fingerprint density at radius 3 is 2.77 bits per heavy atom. The molecule has 26 heavy (non-hydrogen) atoms. The van der Waals surface area contributed by atoms with Crippen LogP contribution in [0.5, 0.6) is 0 Å². The first-order chi connectivity index (χ1) is 12.6. The van der Waals surface area contributed by atoms with Gasteiger partial charge in [-0.3, -0.25) is 9.69 Å². The van der Waals surface area contributed by atoms with E-state index in [0.717, 1.165) is 12.3 Å². The standard InChI is InChI=1S/C19H21FN2O4/c20-15-3-5-16(6-4-15)22-13-19(26-11-18(22)23)12-21(7-9-24-14-19)10-17-2-1-8-25-17/h1-6,8H,7,9-14H2. The number of amides is 1. The van der Waals surface area contributed by atoms with E-state index in [-0.39, 0.29) is 18.3 Å². The number of hydrogen-bond donors (Lipinski definition) is 0. The third-order valence-corrected chi connectivity index (χ3v) is 4.78. The highest BCUT2D eigenvalue weighted by molar-refractivity contribution is 5.95. The number of benzene rings is 1. The highest BCUT2D eigenvalue weighted by Crippen LogP contribution is 2.28. The number of furan rings is 1. The van der Waals surface area contributed by atoms with E-state index < -0.39 is 5.60 Å². The summed E-state index contributed by atoms with van der Waals surface area (Å²) in [6, 6.07) is 9.75. The van der Waals surface area contributed by atoms with Gasteiger partial charge in [0.2, 0.25) is 0 Å². The van der Waals surface area contributed by atoms with Gasteiger partial charge in [-0.05, 0) is 36.4 Å². The maximum Gasteiger partial charge on any atom is 0.253 e. The predicted molar refractivity (Wildman–Crippen MR) is 92.2 cm³/mol. The molecule has 3 heterocycles. The van der Waals surface area contributed by atoms with Gasteiger partial charge in [-0.2, -0.15) is 0 Å². The largest absolute Gasteiger partial charge is 0.468 e. The summed E-state index contributed by atoms with van der Waals surface area (Å²) in [5.41, 5.74) is 0.0479. The zero-order chi connectivity index (χ0) is 18.0. The molecule has 1 aromatic carbocycles. The molecule has 1 unspecified atom stereocenters. The molecule has 2 aliphatic rings. The summed E-state index contributed by atoms with van der Waals surface area (Å²) in [6.07, 6.45) is 1.66. The molecule has 0 saturated carbocycles. The van der Waals surface area contributed by atoms with Crippen LogP contribution in [0, 0.1) is 5.82 Å². The van der Waals surface area contributed by atoms with Crippen molar-refractivity contribution in [2.45, 2.75) is 12.1 Å². The Bertz CT molecular complexity index is 749. The second-order valence-electron chi connectivity index (χ2n) is 6.77. The first-order valence-corrected chi connectivity index (χ1v) is 8.66. The van der Waals surface area contributed by atoms with E-state index in [1.54, 1.807) is 23.3 Å². The topological polar surface area (TPSA) is 55.2 Å². The van der Waals surface area contributed by atoms with Gasteiger partial charge >= 0.3 is 0 Å². The average Bonchev–Trinajstić information content (AvgIpc) is 3.07. The van der Waals surface area contributed by atoms with E-state index in [1.807, 2.05) is 12.1 Å². The summed E-state index contributed by atoms with van der Waals surface area (Å²) in [5.74, 6) is 0.417. The van der Waals surface area contributed by atoms with Crippen molar-refractivity contribution in [2.75, 3.05) is 44.4 Å². The molecule has 2 saturated heterocycles.